The minimum Gasteiger partial charge on any atom is -0.497 e. The maximum Gasteiger partial charge on any atom is 0.274 e. The van der Waals surface area contributed by atoms with Crippen LogP contribution in [0.15, 0.2) is 53.1 Å². The van der Waals surface area contributed by atoms with Gasteiger partial charge in [-0.3, -0.25) is 9.89 Å². The number of aromatic amines is 1. The molecule has 0 saturated carbocycles. The molecule has 0 bridgehead atoms. The molecule has 3 aromatic rings. The van der Waals surface area contributed by atoms with Gasteiger partial charge in [0.25, 0.3) is 5.91 Å². The highest BCUT2D eigenvalue weighted by atomic mass is 79.9. The van der Waals surface area contributed by atoms with Crippen LogP contribution in [0.5, 0.6) is 5.75 Å². The summed E-state index contributed by atoms with van der Waals surface area (Å²) >= 11 is 3.30. The van der Waals surface area contributed by atoms with Crippen LogP contribution in [0.25, 0.3) is 11.3 Å². The summed E-state index contributed by atoms with van der Waals surface area (Å²) < 4.78 is 6.03. The molecule has 0 radical (unpaired) electrons. The zero-order valence-electron chi connectivity index (χ0n) is 12.2. The third-order valence-corrected chi connectivity index (χ3v) is 3.63. The molecule has 0 aliphatic carbocycles. The summed E-state index contributed by atoms with van der Waals surface area (Å²) in [5.74, 6) is 0.896. The van der Waals surface area contributed by atoms with Gasteiger partial charge in [-0.05, 0) is 46.3 Å². The fraction of sp³-hybridized carbons (Fsp3) is 0.0625. The fourth-order valence-corrected chi connectivity index (χ4v) is 2.24. The number of nitrogens with one attached hydrogen (secondary N) is 2. The Morgan fingerprint density at radius 1 is 1.26 bits per heavy atom. The van der Waals surface area contributed by atoms with E-state index in [1.165, 1.54) is 0 Å². The first-order valence-corrected chi connectivity index (χ1v) is 7.58. The second kappa shape index (κ2) is 6.62. The standard InChI is InChI=1S/C16H13BrN4O2/c1-23-12-4-2-3-10(7-12)13-8-14(21-20-13)16(22)19-15-6-5-11(17)9-18-15/h2-9H,1H3,(H,20,21)(H,18,19,22). The number of methoxy groups -OCH3 is 1. The molecule has 0 unspecified atom stereocenters. The summed E-state index contributed by atoms with van der Waals surface area (Å²) in [4.78, 5) is 16.3. The summed E-state index contributed by atoms with van der Waals surface area (Å²) in [5, 5.41) is 9.61. The monoisotopic (exact) mass is 372 g/mol. The Bertz CT molecular complexity index is 830. The molecule has 1 amide bonds. The molecule has 23 heavy (non-hydrogen) atoms. The molecule has 0 saturated heterocycles. The van der Waals surface area contributed by atoms with Gasteiger partial charge in [-0.25, -0.2) is 4.98 Å². The minimum atomic E-state index is -0.304. The van der Waals surface area contributed by atoms with Crippen LogP contribution >= 0.6 is 15.9 Å². The summed E-state index contributed by atoms with van der Waals surface area (Å²) in [7, 11) is 1.60. The Kier molecular flexibility index (Phi) is 4.38. The zero-order valence-corrected chi connectivity index (χ0v) is 13.8. The van der Waals surface area contributed by atoms with Crippen LogP contribution in [0.3, 0.4) is 0 Å². The third kappa shape index (κ3) is 3.57. The maximum absolute atomic E-state index is 12.2. The van der Waals surface area contributed by atoms with Crippen LogP contribution in [0.1, 0.15) is 10.5 Å². The minimum absolute atomic E-state index is 0.304. The van der Waals surface area contributed by atoms with Crippen molar-refractivity contribution in [3.8, 4) is 17.0 Å². The number of aromatic nitrogens is 3. The lowest BCUT2D eigenvalue weighted by atomic mass is 10.1. The van der Waals surface area contributed by atoms with Crippen molar-refractivity contribution >= 4 is 27.7 Å². The highest BCUT2D eigenvalue weighted by Crippen LogP contribution is 2.22. The Balaban J connectivity index is 1.78. The average molecular weight is 373 g/mol. The van der Waals surface area contributed by atoms with Crippen LogP contribution in [0, 0.1) is 0 Å². The van der Waals surface area contributed by atoms with E-state index >= 15 is 0 Å². The van der Waals surface area contributed by atoms with Crippen molar-refractivity contribution in [2.24, 2.45) is 0 Å². The van der Waals surface area contributed by atoms with E-state index in [1.54, 1.807) is 31.5 Å². The lowest BCUT2D eigenvalue weighted by molar-refractivity contribution is 0.102. The van der Waals surface area contributed by atoms with Crippen LogP contribution in [-0.4, -0.2) is 28.2 Å². The van der Waals surface area contributed by atoms with Gasteiger partial charge in [0.15, 0.2) is 0 Å². The van der Waals surface area contributed by atoms with Crippen LogP contribution in [0.2, 0.25) is 0 Å². The van der Waals surface area contributed by atoms with E-state index in [-0.39, 0.29) is 5.91 Å². The quantitative estimate of drug-likeness (QED) is 0.734. The SMILES string of the molecule is COc1cccc(-c2cc(C(=O)Nc3ccc(Br)cn3)[nH]n2)c1. The van der Waals surface area contributed by atoms with Crippen molar-refractivity contribution in [2.75, 3.05) is 12.4 Å². The number of ether oxygens (including phenoxy) is 1. The highest BCUT2D eigenvalue weighted by Gasteiger charge is 2.12. The number of amides is 1. The van der Waals surface area contributed by atoms with E-state index < -0.39 is 0 Å². The first-order chi connectivity index (χ1) is 11.2. The second-order valence-electron chi connectivity index (χ2n) is 4.71. The molecule has 0 aliphatic rings. The smallest absolute Gasteiger partial charge is 0.274 e. The number of nitrogens with zero attached hydrogens (tertiary/aromatic N) is 2. The van der Waals surface area contributed by atoms with E-state index in [2.05, 4.69) is 36.4 Å². The number of anilines is 1. The van der Waals surface area contributed by atoms with Gasteiger partial charge in [-0.1, -0.05) is 12.1 Å². The predicted molar refractivity (Wildman–Crippen MR) is 90.5 cm³/mol. The molecule has 2 aromatic heterocycles. The molecule has 2 N–H and O–H groups in total. The van der Waals surface area contributed by atoms with E-state index in [1.807, 2.05) is 24.3 Å². The van der Waals surface area contributed by atoms with Gasteiger partial charge < -0.3 is 10.1 Å². The lowest BCUT2D eigenvalue weighted by Gasteiger charge is -2.02. The van der Waals surface area contributed by atoms with Crippen molar-refractivity contribution in [3.63, 3.8) is 0 Å². The van der Waals surface area contributed by atoms with E-state index in [9.17, 15) is 4.79 Å². The van der Waals surface area contributed by atoms with Gasteiger partial charge >= 0.3 is 0 Å². The van der Waals surface area contributed by atoms with Crippen LogP contribution < -0.4 is 10.1 Å². The van der Waals surface area contributed by atoms with Crippen LogP contribution in [0.4, 0.5) is 5.82 Å². The Morgan fingerprint density at radius 2 is 2.13 bits per heavy atom. The molecular formula is C16H13BrN4O2. The number of hydrogen-bond acceptors (Lipinski definition) is 4. The van der Waals surface area contributed by atoms with Crippen molar-refractivity contribution in [2.45, 2.75) is 0 Å². The third-order valence-electron chi connectivity index (χ3n) is 3.16. The molecule has 2 heterocycles. The topological polar surface area (TPSA) is 79.9 Å². The van der Waals surface area contributed by atoms with Gasteiger partial charge in [-0.2, -0.15) is 5.10 Å². The van der Waals surface area contributed by atoms with Crippen LogP contribution in [-0.2, 0) is 0 Å². The molecule has 0 fully saturated rings. The van der Waals surface area contributed by atoms with Gasteiger partial charge in [0.1, 0.15) is 17.3 Å². The molecule has 0 spiro atoms. The summed E-state index contributed by atoms with van der Waals surface area (Å²) in [6.45, 7) is 0. The largest absolute Gasteiger partial charge is 0.497 e. The molecule has 0 aliphatic heterocycles. The van der Waals surface area contributed by atoms with Gasteiger partial charge in [0.2, 0.25) is 0 Å². The van der Waals surface area contributed by atoms with Gasteiger partial charge in [0, 0.05) is 16.2 Å². The van der Waals surface area contributed by atoms with E-state index in [0.717, 1.165) is 15.8 Å². The second-order valence-corrected chi connectivity index (χ2v) is 5.63. The zero-order chi connectivity index (χ0) is 16.2. The first kappa shape index (κ1) is 15.2. The van der Waals surface area contributed by atoms with Crippen molar-refractivity contribution in [1.29, 1.82) is 0 Å². The van der Waals surface area contributed by atoms with Gasteiger partial charge in [-0.15, -0.1) is 0 Å². The summed E-state index contributed by atoms with van der Waals surface area (Å²) in [6.07, 6.45) is 1.62. The summed E-state index contributed by atoms with van der Waals surface area (Å²) in [5.41, 5.74) is 1.88. The first-order valence-electron chi connectivity index (χ1n) is 6.78. The molecule has 116 valence electrons. The number of carbonyl (C=O) groups excluding carboxylic acids is 1. The summed E-state index contributed by atoms with van der Waals surface area (Å²) in [6, 6.07) is 12.7. The molecule has 3 rings (SSSR count). The molecule has 0 atom stereocenters. The number of pyridine rings is 1. The number of H-pyrrole nitrogens is 1. The number of halogens is 1. The van der Waals surface area contributed by atoms with Gasteiger partial charge in [0.05, 0.1) is 12.8 Å². The molecule has 7 heteroatoms. The Labute approximate surface area is 141 Å². The number of benzene rings is 1. The number of rotatable bonds is 4. The normalized spacial score (nSPS) is 10.3. The Morgan fingerprint density at radius 3 is 2.87 bits per heavy atom. The number of carbonyl (C=O) groups is 1. The Hall–Kier alpha value is -2.67. The van der Waals surface area contributed by atoms with Crippen molar-refractivity contribution < 1.29 is 9.53 Å². The highest BCUT2D eigenvalue weighted by molar-refractivity contribution is 9.10. The predicted octanol–water partition coefficient (Wildman–Crippen LogP) is 3.50. The average Bonchev–Trinajstić information content (AvgIpc) is 3.07. The van der Waals surface area contributed by atoms with Crippen molar-refractivity contribution in [3.05, 3.63) is 58.8 Å². The van der Waals surface area contributed by atoms with E-state index in [0.29, 0.717) is 17.2 Å². The fourth-order valence-electron chi connectivity index (χ4n) is 2.00. The number of hydrogen-bond donors (Lipinski definition) is 2. The van der Waals surface area contributed by atoms with E-state index in [4.69, 9.17) is 4.74 Å². The molecular weight excluding hydrogens is 360 g/mol. The molecule has 6 nitrogen and oxygen atoms in total. The maximum atomic E-state index is 12.2. The lowest BCUT2D eigenvalue weighted by Crippen LogP contribution is -2.13. The molecule has 1 aromatic carbocycles. The van der Waals surface area contributed by atoms with Crippen molar-refractivity contribution in [1.82, 2.24) is 15.2 Å².